The Bertz CT molecular complexity index is 911. The summed E-state index contributed by atoms with van der Waals surface area (Å²) >= 11 is 6.13. The monoisotopic (exact) mass is 470 g/mol. The van der Waals surface area contributed by atoms with E-state index in [2.05, 4.69) is 67.7 Å². The number of rotatable bonds is 8. The zero-order valence-corrected chi connectivity index (χ0v) is 21.4. The number of nitrogens with zero attached hydrogens (tertiary/aromatic N) is 2. The molecule has 1 aliphatic carbocycles. The van der Waals surface area contributed by atoms with Gasteiger partial charge in [-0.25, -0.2) is 0 Å². The Hall–Kier alpha value is -2.01. The van der Waals surface area contributed by atoms with Crippen molar-refractivity contribution in [2.75, 3.05) is 52.4 Å². The van der Waals surface area contributed by atoms with Crippen LogP contribution in [0.15, 0.2) is 49.1 Å². The third-order valence-electron chi connectivity index (χ3n) is 6.55. The first-order valence-electron chi connectivity index (χ1n) is 12.0. The van der Waals surface area contributed by atoms with Crippen LogP contribution in [0.25, 0.3) is 0 Å². The molecule has 180 valence electrons. The zero-order chi connectivity index (χ0) is 23.8. The first kappa shape index (κ1) is 25.6. The molecule has 1 fully saturated rings. The van der Waals surface area contributed by atoms with Gasteiger partial charge in [0.1, 0.15) is 5.75 Å². The van der Waals surface area contributed by atoms with E-state index in [1.165, 1.54) is 49.0 Å². The summed E-state index contributed by atoms with van der Waals surface area (Å²) in [5, 5.41) is 0.832. The van der Waals surface area contributed by atoms with Gasteiger partial charge in [0.05, 0.1) is 24.9 Å². The van der Waals surface area contributed by atoms with Crippen molar-refractivity contribution >= 4 is 17.3 Å². The van der Waals surface area contributed by atoms with E-state index in [0.29, 0.717) is 12.0 Å². The van der Waals surface area contributed by atoms with Crippen LogP contribution in [0.4, 0.5) is 5.69 Å². The van der Waals surface area contributed by atoms with E-state index >= 15 is 0 Å². The highest BCUT2D eigenvalue weighted by molar-refractivity contribution is 6.30. The van der Waals surface area contributed by atoms with Gasteiger partial charge in [0.25, 0.3) is 0 Å². The van der Waals surface area contributed by atoms with Crippen LogP contribution in [0.3, 0.4) is 0 Å². The Morgan fingerprint density at radius 3 is 2.61 bits per heavy atom. The highest BCUT2D eigenvalue weighted by Gasteiger charge is 2.22. The topological polar surface area (TPSA) is 24.9 Å². The van der Waals surface area contributed by atoms with Crippen LogP contribution in [0.1, 0.15) is 41.9 Å². The lowest BCUT2D eigenvalue weighted by molar-refractivity contribution is 0.0748. The standard InChI is InChI=1S/C20H24ClNO.C8H15NO/c1-14-7-10-20(19(11-14)22(2)3)23-13-16-6-4-5-15-12-17(21)8-9-18(15)16;1-3-8(7-10-2)9-5-4-6-9/h7-12,16H,4-6,13H2,1-3H3;3,8H,1,4-7H2,2H3. The second-order valence-corrected chi connectivity index (χ2v) is 9.69. The maximum absolute atomic E-state index is 6.21. The minimum atomic E-state index is 0.443. The minimum Gasteiger partial charge on any atom is -0.491 e. The summed E-state index contributed by atoms with van der Waals surface area (Å²) in [6, 6.07) is 13.1. The first-order chi connectivity index (χ1) is 15.9. The molecule has 0 spiro atoms. The summed E-state index contributed by atoms with van der Waals surface area (Å²) in [5.41, 5.74) is 5.17. The average Bonchev–Trinajstić information content (AvgIpc) is 2.76. The third kappa shape index (κ3) is 6.99. The van der Waals surface area contributed by atoms with Crippen LogP contribution in [-0.2, 0) is 11.2 Å². The summed E-state index contributed by atoms with van der Waals surface area (Å²) in [5.74, 6) is 1.41. The Balaban J connectivity index is 0.000000257. The van der Waals surface area contributed by atoms with Crippen molar-refractivity contribution in [2.45, 2.75) is 44.6 Å². The molecule has 2 unspecified atom stereocenters. The molecule has 4 rings (SSSR count). The molecule has 2 aromatic rings. The molecule has 1 aliphatic heterocycles. The van der Waals surface area contributed by atoms with Crippen molar-refractivity contribution in [3.63, 3.8) is 0 Å². The van der Waals surface area contributed by atoms with Gasteiger partial charge in [0, 0.05) is 45.2 Å². The number of ether oxygens (including phenoxy) is 2. The van der Waals surface area contributed by atoms with E-state index in [1.54, 1.807) is 7.11 Å². The number of anilines is 1. The van der Waals surface area contributed by atoms with Crippen molar-refractivity contribution < 1.29 is 9.47 Å². The van der Waals surface area contributed by atoms with Crippen LogP contribution >= 0.6 is 11.6 Å². The molecule has 33 heavy (non-hydrogen) atoms. The van der Waals surface area contributed by atoms with Crippen LogP contribution < -0.4 is 9.64 Å². The molecule has 0 radical (unpaired) electrons. The van der Waals surface area contributed by atoms with Crippen LogP contribution in [0.2, 0.25) is 5.02 Å². The van der Waals surface area contributed by atoms with Gasteiger partial charge in [-0.15, -0.1) is 6.58 Å². The van der Waals surface area contributed by atoms with Gasteiger partial charge in [-0.3, -0.25) is 4.90 Å². The normalized spacial score (nSPS) is 18.3. The summed E-state index contributed by atoms with van der Waals surface area (Å²) < 4.78 is 11.2. The Labute approximate surface area is 205 Å². The largest absolute Gasteiger partial charge is 0.491 e. The number of hydrogen-bond acceptors (Lipinski definition) is 4. The molecular formula is C28H39ClN2O2. The lowest BCUT2D eigenvalue weighted by Gasteiger charge is -2.36. The summed E-state index contributed by atoms with van der Waals surface area (Å²) in [4.78, 5) is 4.48. The molecule has 0 aromatic heterocycles. The molecule has 4 nitrogen and oxygen atoms in total. The molecule has 0 bridgehead atoms. The average molecular weight is 471 g/mol. The van der Waals surface area contributed by atoms with Gasteiger partial charge in [-0.1, -0.05) is 29.8 Å². The quantitative estimate of drug-likeness (QED) is 0.435. The SMILES string of the molecule is C=CC(COC)N1CCC1.Cc1ccc(OCC2CCCc3cc(Cl)ccc32)c(N(C)C)c1. The Morgan fingerprint density at radius 2 is 1.97 bits per heavy atom. The predicted octanol–water partition coefficient (Wildman–Crippen LogP) is 6.11. The van der Waals surface area contributed by atoms with Crippen LogP contribution in [-0.4, -0.2) is 58.5 Å². The maximum atomic E-state index is 6.21. The molecule has 5 heteroatoms. The Kier molecular flexibility index (Phi) is 9.66. The molecular weight excluding hydrogens is 432 g/mol. The van der Waals surface area contributed by atoms with E-state index in [4.69, 9.17) is 21.1 Å². The van der Waals surface area contributed by atoms with Gasteiger partial charge >= 0.3 is 0 Å². The second kappa shape index (κ2) is 12.5. The fraction of sp³-hybridized carbons (Fsp3) is 0.500. The van der Waals surface area contributed by atoms with Gasteiger partial charge in [-0.05, 0) is 73.6 Å². The van der Waals surface area contributed by atoms with Gasteiger partial charge < -0.3 is 14.4 Å². The van der Waals surface area contributed by atoms with E-state index in [1.807, 2.05) is 12.1 Å². The van der Waals surface area contributed by atoms with Crippen molar-refractivity contribution in [3.05, 3.63) is 70.8 Å². The number of fused-ring (bicyclic) bond motifs is 1. The van der Waals surface area contributed by atoms with E-state index in [9.17, 15) is 0 Å². The lowest BCUT2D eigenvalue weighted by Crippen LogP contribution is -2.46. The maximum Gasteiger partial charge on any atom is 0.142 e. The first-order valence-corrected chi connectivity index (χ1v) is 12.3. The zero-order valence-electron chi connectivity index (χ0n) is 20.6. The molecule has 2 aliphatic rings. The molecule has 2 atom stereocenters. The highest BCUT2D eigenvalue weighted by Crippen LogP contribution is 2.35. The van der Waals surface area contributed by atoms with E-state index in [-0.39, 0.29) is 0 Å². The molecule has 1 saturated heterocycles. The summed E-state index contributed by atoms with van der Waals surface area (Å²) in [7, 11) is 5.84. The van der Waals surface area contributed by atoms with Crippen molar-refractivity contribution in [2.24, 2.45) is 0 Å². The highest BCUT2D eigenvalue weighted by atomic mass is 35.5. The van der Waals surface area contributed by atoms with E-state index in [0.717, 1.165) is 36.1 Å². The molecule has 2 aromatic carbocycles. The molecule has 0 saturated carbocycles. The molecule has 0 N–H and O–H groups in total. The van der Waals surface area contributed by atoms with Crippen molar-refractivity contribution in [3.8, 4) is 5.75 Å². The Morgan fingerprint density at radius 1 is 1.18 bits per heavy atom. The fourth-order valence-electron chi connectivity index (χ4n) is 4.51. The van der Waals surface area contributed by atoms with Crippen molar-refractivity contribution in [1.82, 2.24) is 4.90 Å². The van der Waals surface area contributed by atoms with Gasteiger partial charge in [0.15, 0.2) is 0 Å². The van der Waals surface area contributed by atoms with Gasteiger partial charge in [-0.2, -0.15) is 0 Å². The smallest absolute Gasteiger partial charge is 0.142 e. The molecule has 0 amide bonds. The minimum absolute atomic E-state index is 0.443. The van der Waals surface area contributed by atoms with Crippen molar-refractivity contribution in [1.29, 1.82) is 0 Å². The number of aryl methyl sites for hydroxylation is 2. The number of methoxy groups -OCH3 is 1. The number of likely N-dealkylation sites (tertiary alicyclic amines) is 1. The van der Waals surface area contributed by atoms with Gasteiger partial charge in [0.2, 0.25) is 0 Å². The van der Waals surface area contributed by atoms with Crippen LogP contribution in [0.5, 0.6) is 5.75 Å². The van der Waals surface area contributed by atoms with E-state index < -0.39 is 0 Å². The third-order valence-corrected chi connectivity index (χ3v) is 6.78. The number of benzene rings is 2. The lowest BCUT2D eigenvalue weighted by atomic mass is 9.83. The molecule has 1 heterocycles. The predicted molar refractivity (Wildman–Crippen MR) is 140 cm³/mol. The number of hydrogen-bond donors (Lipinski definition) is 0. The summed E-state index contributed by atoms with van der Waals surface area (Å²) in [6.07, 6.45) is 6.80. The fourth-order valence-corrected chi connectivity index (χ4v) is 4.71. The second-order valence-electron chi connectivity index (χ2n) is 9.26. The number of halogens is 1. The van der Waals surface area contributed by atoms with Crippen LogP contribution in [0, 0.1) is 6.92 Å². The summed E-state index contributed by atoms with van der Waals surface area (Å²) in [6.45, 7) is 9.79.